The van der Waals surface area contributed by atoms with Crippen molar-refractivity contribution < 1.29 is 9.59 Å². The van der Waals surface area contributed by atoms with E-state index in [0.717, 1.165) is 37.9 Å². The zero-order chi connectivity index (χ0) is 22.3. The molecule has 2 unspecified atom stereocenters. The fourth-order valence-corrected chi connectivity index (χ4v) is 4.72. The molecule has 2 amide bonds. The molecule has 0 spiro atoms. The monoisotopic (exact) mass is 431 g/mol. The molecule has 168 valence electrons. The first-order valence-electron chi connectivity index (χ1n) is 11.7. The van der Waals surface area contributed by atoms with Crippen molar-refractivity contribution >= 4 is 17.9 Å². The summed E-state index contributed by atoms with van der Waals surface area (Å²) in [6.07, 6.45) is 5.94. The van der Waals surface area contributed by atoms with Gasteiger partial charge in [0, 0.05) is 50.3 Å². The number of piperidine rings is 1. The Hall–Kier alpha value is -2.92. The maximum absolute atomic E-state index is 12.8. The summed E-state index contributed by atoms with van der Waals surface area (Å²) >= 11 is 0. The van der Waals surface area contributed by atoms with Crippen LogP contribution in [0.5, 0.6) is 0 Å². The zero-order valence-corrected chi connectivity index (χ0v) is 18.8. The molecule has 2 atom stereocenters. The molecule has 4 rings (SSSR count). The number of hydrogen-bond acceptors (Lipinski definition) is 3. The maximum atomic E-state index is 12.8. The Morgan fingerprint density at radius 3 is 2.28 bits per heavy atom. The first-order valence-corrected chi connectivity index (χ1v) is 11.7. The van der Waals surface area contributed by atoms with Crippen LogP contribution in [0.1, 0.15) is 43.4 Å². The van der Waals surface area contributed by atoms with Crippen LogP contribution < -0.4 is 5.32 Å². The highest BCUT2D eigenvalue weighted by Crippen LogP contribution is 2.25. The van der Waals surface area contributed by atoms with Crippen LogP contribution in [-0.2, 0) is 9.59 Å². The van der Waals surface area contributed by atoms with Gasteiger partial charge in [0.1, 0.15) is 0 Å². The Labute approximate surface area is 191 Å². The van der Waals surface area contributed by atoms with Crippen LogP contribution in [0.15, 0.2) is 66.7 Å². The number of carbonyl (C=O) groups excluding carboxylic acids is 2. The van der Waals surface area contributed by atoms with E-state index in [1.807, 2.05) is 47.4 Å². The topological polar surface area (TPSA) is 52.7 Å². The molecule has 2 fully saturated rings. The third-order valence-corrected chi connectivity index (χ3v) is 6.79. The van der Waals surface area contributed by atoms with Crippen LogP contribution in [0.25, 0.3) is 6.08 Å². The van der Waals surface area contributed by atoms with Gasteiger partial charge in [-0.05, 0) is 43.4 Å². The Kier molecular flexibility index (Phi) is 7.38. The van der Waals surface area contributed by atoms with E-state index in [1.165, 1.54) is 5.56 Å². The van der Waals surface area contributed by atoms with Crippen LogP contribution in [-0.4, -0.2) is 53.8 Å². The first kappa shape index (κ1) is 22.3. The Balaban J connectivity index is 1.21. The molecule has 2 aromatic rings. The molecule has 32 heavy (non-hydrogen) atoms. The zero-order valence-electron chi connectivity index (χ0n) is 18.8. The molecule has 5 nitrogen and oxygen atoms in total. The predicted molar refractivity (Wildman–Crippen MR) is 128 cm³/mol. The Bertz CT molecular complexity index is 920. The van der Waals surface area contributed by atoms with Crippen LogP contribution in [0.3, 0.4) is 0 Å². The Morgan fingerprint density at radius 1 is 0.938 bits per heavy atom. The van der Waals surface area contributed by atoms with E-state index in [4.69, 9.17) is 0 Å². The van der Waals surface area contributed by atoms with Gasteiger partial charge in [0.25, 0.3) is 0 Å². The van der Waals surface area contributed by atoms with Gasteiger partial charge in [-0.3, -0.25) is 14.5 Å². The summed E-state index contributed by atoms with van der Waals surface area (Å²) in [5, 5.41) is 3.28. The van der Waals surface area contributed by atoms with Crippen molar-refractivity contribution in [2.45, 2.75) is 38.3 Å². The van der Waals surface area contributed by atoms with E-state index in [-0.39, 0.29) is 23.8 Å². The normalized spacial score (nSPS) is 21.0. The summed E-state index contributed by atoms with van der Waals surface area (Å²) in [4.78, 5) is 29.6. The molecule has 2 heterocycles. The van der Waals surface area contributed by atoms with Crippen molar-refractivity contribution in [1.82, 2.24) is 15.1 Å². The molecule has 0 bridgehead atoms. The molecule has 5 heteroatoms. The highest BCUT2D eigenvalue weighted by molar-refractivity contribution is 5.92. The minimum Gasteiger partial charge on any atom is -0.352 e. The second-order valence-corrected chi connectivity index (χ2v) is 8.92. The van der Waals surface area contributed by atoms with Gasteiger partial charge in [0.2, 0.25) is 11.8 Å². The van der Waals surface area contributed by atoms with Crippen molar-refractivity contribution in [2.75, 3.05) is 26.2 Å². The molecule has 1 N–H and O–H groups in total. The van der Waals surface area contributed by atoms with E-state index < -0.39 is 0 Å². The molecule has 2 aliphatic heterocycles. The summed E-state index contributed by atoms with van der Waals surface area (Å²) in [5.74, 6) is 0.169. The van der Waals surface area contributed by atoms with E-state index >= 15 is 0 Å². The molecule has 0 aromatic heterocycles. The second-order valence-electron chi connectivity index (χ2n) is 8.92. The smallest absolute Gasteiger partial charge is 0.246 e. The second kappa shape index (κ2) is 10.6. The third-order valence-electron chi connectivity index (χ3n) is 6.79. The lowest BCUT2D eigenvalue weighted by atomic mass is 9.95. The standard InChI is InChI=1S/C27H33N3O2/c1-21(23-10-6-3-7-11-23)30-19-16-25(20-30)28-27(32)24-14-17-29(18-15-24)26(31)13-12-22-8-4-2-5-9-22/h2-13,21,24-25H,14-20H2,1H3,(H,28,32)/b13-12+. The van der Waals surface area contributed by atoms with E-state index in [1.54, 1.807) is 6.08 Å². The Morgan fingerprint density at radius 2 is 1.59 bits per heavy atom. The third kappa shape index (κ3) is 5.65. The number of hydrogen-bond donors (Lipinski definition) is 1. The summed E-state index contributed by atoms with van der Waals surface area (Å²) in [6.45, 7) is 5.40. The average molecular weight is 432 g/mol. The quantitative estimate of drug-likeness (QED) is 0.706. The van der Waals surface area contributed by atoms with Gasteiger partial charge >= 0.3 is 0 Å². The van der Waals surface area contributed by atoms with Crippen LogP contribution >= 0.6 is 0 Å². The SMILES string of the molecule is CC(c1ccccc1)N1CCC(NC(=O)C2CCN(C(=O)/C=C/c3ccccc3)CC2)C1. The number of nitrogens with zero attached hydrogens (tertiary/aromatic N) is 2. The van der Waals surface area contributed by atoms with Crippen molar-refractivity contribution in [2.24, 2.45) is 5.92 Å². The van der Waals surface area contributed by atoms with Gasteiger partial charge in [-0.2, -0.15) is 0 Å². The van der Waals surface area contributed by atoms with E-state index in [9.17, 15) is 9.59 Å². The van der Waals surface area contributed by atoms with Gasteiger partial charge in [-0.1, -0.05) is 60.7 Å². The number of nitrogens with one attached hydrogen (secondary N) is 1. The lowest BCUT2D eigenvalue weighted by molar-refractivity contribution is -0.132. The summed E-state index contributed by atoms with van der Waals surface area (Å²) in [7, 11) is 0. The van der Waals surface area contributed by atoms with Crippen LogP contribution in [0, 0.1) is 5.92 Å². The molecular weight excluding hydrogens is 398 g/mol. The molecule has 0 saturated carbocycles. The van der Waals surface area contributed by atoms with Gasteiger partial charge in [-0.25, -0.2) is 0 Å². The van der Waals surface area contributed by atoms with Gasteiger partial charge in [-0.15, -0.1) is 0 Å². The first-order chi connectivity index (χ1) is 15.6. The van der Waals surface area contributed by atoms with Gasteiger partial charge in [0.05, 0.1) is 0 Å². The summed E-state index contributed by atoms with van der Waals surface area (Å²) < 4.78 is 0. The minimum atomic E-state index is -0.00208. The largest absolute Gasteiger partial charge is 0.352 e. The van der Waals surface area contributed by atoms with Crippen LogP contribution in [0.2, 0.25) is 0 Å². The number of amides is 2. The fourth-order valence-electron chi connectivity index (χ4n) is 4.72. The van der Waals surface area contributed by atoms with Crippen LogP contribution in [0.4, 0.5) is 0 Å². The minimum absolute atomic E-state index is 0.00208. The summed E-state index contributed by atoms with van der Waals surface area (Å²) in [5.41, 5.74) is 2.33. The maximum Gasteiger partial charge on any atom is 0.246 e. The molecule has 0 radical (unpaired) electrons. The van der Waals surface area contributed by atoms with E-state index in [2.05, 4.69) is 41.4 Å². The van der Waals surface area contributed by atoms with Crippen molar-refractivity contribution in [3.05, 3.63) is 77.9 Å². The van der Waals surface area contributed by atoms with Crippen molar-refractivity contribution in [3.63, 3.8) is 0 Å². The van der Waals surface area contributed by atoms with Gasteiger partial charge in [0.15, 0.2) is 0 Å². The lowest BCUT2D eigenvalue weighted by Crippen LogP contribution is -2.45. The average Bonchev–Trinajstić information content (AvgIpc) is 3.31. The molecule has 2 saturated heterocycles. The molecule has 2 aromatic carbocycles. The van der Waals surface area contributed by atoms with Crippen molar-refractivity contribution in [3.8, 4) is 0 Å². The highest BCUT2D eigenvalue weighted by Gasteiger charge is 2.31. The highest BCUT2D eigenvalue weighted by atomic mass is 16.2. The number of benzene rings is 2. The molecule has 2 aliphatic rings. The molecular formula is C27H33N3O2. The van der Waals surface area contributed by atoms with Crippen molar-refractivity contribution in [1.29, 1.82) is 0 Å². The van der Waals surface area contributed by atoms with E-state index in [0.29, 0.717) is 19.1 Å². The molecule has 0 aliphatic carbocycles. The number of rotatable bonds is 6. The fraction of sp³-hybridized carbons (Fsp3) is 0.407. The lowest BCUT2D eigenvalue weighted by Gasteiger charge is -2.31. The number of carbonyl (C=O) groups is 2. The summed E-state index contributed by atoms with van der Waals surface area (Å²) in [6, 6.07) is 20.9. The predicted octanol–water partition coefficient (Wildman–Crippen LogP) is 3.89. The number of likely N-dealkylation sites (tertiary alicyclic amines) is 2. The van der Waals surface area contributed by atoms with Gasteiger partial charge < -0.3 is 10.2 Å².